The Hall–Kier alpha value is -2.04. The third-order valence-corrected chi connectivity index (χ3v) is 3.33. The van der Waals surface area contributed by atoms with Crippen molar-refractivity contribution >= 4 is 11.6 Å². The summed E-state index contributed by atoms with van der Waals surface area (Å²) in [5.41, 5.74) is 1.07. The fraction of sp³-hybridized carbons (Fsp3) is 0.467. The van der Waals surface area contributed by atoms with E-state index in [1.807, 2.05) is 26.1 Å². The van der Waals surface area contributed by atoms with Gasteiger partial charge in [-0.05, 0) is 26.0 Å². The predicted octanol–water partition coefficient (Wildman–Crippen LogP) is 3.01. The largest absolute Gasteiger partial charge is 0.467 e. The molecule has 0 saturated carbocycles. The first-order valence-electron chi connectivity index (χ1n) is 7.02. The van der Waals surface area contributed by atoms with Gasteiger partial charge in [0.05, 0.1) is 12.8 Å². The molecule has 5 heteroatoms. The molecule has 1 N–H and O–H groups in total. The molecule has 2 rings (SSSR count). The first-order chi connectivity index (χ1) is 9.69. The summed E-state index contributed by atoms with van der Waals surface area (Å²) in [4.78, 5) is 11.4. The molecule has 0 aromatic carbocycles. The molecular weight excluding hydrogens is 252 g/mol. The predicted molar refractivity (Wildman–Crippen MR) is 81.1 cm³/mol. The summed E-state index contributed by atoms with van der Waals surface area (Å²) < 4.78 is 5.44. The summed E-state index contributed by atoms with van der Waals surface area (Å²) in [6, 6.07) is 3.89. The Morgan fingerprint density at radius 1 is 1.30 bits per heavy atom. The van der Waals surface area contributed by atoms with Crippen LogP contribution in [0.15, 0.2) is 22.8 Å². The van der Waals surface area contributed by atoms with Crippen molar-refractivity contribution < 1.29 is 4.42 Å². The molecule has 0 bridgehead atoms. The van der Waals surface area contributed by atoms with E-state index >= 15 is 0 Å². The van der Waals surface area contributed by atoms with E-state index in [0.29, 0.717) is 6.54 Å². The van der Waals surface area contributed by atoms with Gasteiger partial charge in [-0.15, -0.1) is 0 Å². The fourth-order valence-corrected chi connectivity index (χ4v) is 2.19. The maximum Gasteiger partial charge on any atom is 0.137 e. The van der Waals surface area contributed by atoms with Gasteiger partial charge in [-0.1, -0.05) is 6.92 Å². The van der Waals surface area contributed by atoms with Crippen molar-refractivity contribution in [1.29, 1.82) is 0 Å². The number of hydrogen-bond donors (Lipinski definition) is 1. The molecule has 0 saturated heterocycles. The van der Waals surface area contributed by atoms with Gasteiger partial charge in [-0.3, -0.25) is 0 Å². The quantitative estimate of drug-likeness (QED) is 0.877. The molecule has 0 spiro atoms. The highest BCUT2D eigenvalue weighted by molar-refractivity contribution is 5.58. The zero-order valence-corrected chi connectivity index (χ0v) is 12.6. The normalized spacial score (nSPS) is 10.6. The minimum absolute atomic E-state index is 0.716. The molecular formula is C15H22N4O. The number of nitrogens with zero attached hydrogens (tertiary/aromatic N) is 3. The molecule has 0 aliphatic rings. The van der Waals surface area contributed by atoms with E-state index in [4.69, 9.17) is 4.42 Å². The van der Waals surface area contributed by atoms with Crippen LogP contribution in [-0.4, -0.2) is 23.6 Å². The van der Waals surface area contributed by atoms with Crippen LogP contribution in [0.25, 0.3) is 0 Å². The van der Waals surface area contributed by atoms with E-state index in [9.17, 15) is 0 Å². The van der Waals surface area contributed by atoms with Crippen LogP contribution in [0.4, 0.5) is 11.6 Å². The van der Waals surface area contributed by atoms with Crippen molar-refractivity contribution in [2.24, 2.45) is 0 Å². The topological polar surface area (TPSA) is 54.2 Å². The molecule has 2 aromatic rings. The highest BCUT2D eigenvalue weighted by atomic mass is 16.3. The van der Waals surface area contributed by atoms with Crippen LogP contribution in [0, 0.1) is 6.92 Å². The van der Waals surface area contributed by atoms with E-state index in [0.717, 1.165) is 41.7 Å². The van der Waals surface area contributed by atoms with Crippen LogP contribution < -0.4 is 10.2 Å². The Morgan fingerprint density at radius 3 is 2.65 bits per heavy atom. The summed E-state index contributed by atoms with van der Waals surface area (Å²) >= 11 is 0. The summed E-state index contributed by atoms with van der Waals surface area (Å²) in [5, 5.41) is 3.15. The second-order valence-corrected chi connectivity index (χ2v) is 4.63. The zero-order valence-electron chi connectivity index (χ0n) is 12.6. The van der Waals surface area contributed by atoms with Gasteiger partial charge in [0.1, 0.15) is 23.2 Å². The molecule has 0 aliphatic heterocycles. The standard InChI is InChI=1S/C15H22N4O/c1-5-13-17-14(16-4)11(3)15(18-13)19(6-2)10-12-8-7-9-20-12/h7-9H,5-6,10H2,1-4H3,(H,16,17,18). The van der Waals surface area contributed by atoms with Gasteiger partial charge >= 0.3 is 0 Å². The average molecular weight is 274 g/mol. The Kier molecular flexibility index (Phi) is 4.61. The molecule has 0 atom stereocenters. The van der Waals surface area contributed by atoms with Crippen LogP contribution in [0.2, 0.25) is 0 Å². The highest BCUT2D eigenvalue weighted by Gasteiger charge is 2.16. The lowest BCUT2D eigenvalue weighted by Crippen LogP contribution is -2.25. The summed E-state index contributed by atoms with van der Waals surface area (Å²) in [5.74, 6) is 3.66. The van der Waals surface area contributed by atoms with E-state index in [1.165, 1.54) is 0 Å². The first-order valence-corrected chi connectivity index (χ1v) is 7.02. The Bertz CT molecular complexity index is 551. The van der Waals surface area contributed by atoms with Crippen LogP contribution in [-0.2, 0) is 13.0 Å². The van der Waals surface area contributed by atoms with Gasteiger partial charge in [-0.25, -0.2) is 9.97 Å². The molecule has 20 heavy (non-hydrogen) atoms. The first kappa shape index (κ1) is 14.4. The third kappa shape index (κ3) is 2.92. The molecule has 5 nitrogen and oxygen atoms in total. The van der Waals surface area contributed by atoms with Gasteiger partial charge in [0.2, 0.25) is 0 Å². The SMILES string of the molecule is CCc1nc(NC)c(C)c(N(CC)Cc2ccco2)n1. The fourth-order valence-electron chi connectivity index (χ4n) is 2.19. The Morgan fingerprint density at radius 2 is 2.10 bits per heavy atom. The van der Waals surface area contributed by atoms with Crippen molar-refractivity contribution in [2.45, 2.75) is 33.7 Å². The lowest BCUT2D eigenvalue weighted by Gasteiger charge is -2.24. The maximum atomic E-state index is 5.44. The number of anilines is 2. The lowest BCUT2D eigenvalue weighted by molar-refractivity contribution is 0.502. The molecule has 0 aliphatic carbocycles. The minimum atomic E-state index is 0.716. The zero-order chi connectivity index (χ0) is 14.5. The number of nitrogens with one attached hydrogen (secondary N) is 1. The van der Waals surface area contributed by atoms with Crippen LogP contribution >= 0.6 is 0 Å². The third-order valence-electron chi connectivity index (χ3n) is 3.33. The maximum absolute atomic E-state index is 5.44. The highest BCUT2D eigenvalue weighted by Crippen LogP contribution is 2.25. The summed E-state index contributed by atoms with van der Waals surface area (Å²) in [6.07, 6.45) is 2.52. The Balaban J connectivity index is 2.37. The summed E-state index contributed by atoms with van der Waals surface area (Å²) in [7, 11) is 1.89. The van der Waals surface area contributed by atoms with Crippen molar-refractivity contribution in [1.82, 2.24) is 9.97 Å². The van der Waals surface area contributed by atoms with Gasteiger partial charge in [-0.2, -0.15) is 0 Å². The molecule has 2 heterocycles. The second-order valence-electron chi connectivity index (χ2n) is 4.63. The van der Waals surface area contributed by atoms with E-state index < -0.39 is 0 Å². The van der Waals surface area contributed by atoms with Gasteiger partial charge in [0.25, 0.3) is 0 Å². The van der Waals surface area contributed by atoms with Crippen molar-refractivity contribution in [3.05, 3.63) is 35.5 Å². The summed E-state index contributed by atoms with van der Waals surface area (Å²) in [6.45, 7) is 7.82. The average Bonchev–Trinajstić information content (AvgIpc) is 2.98. The second kappa shape index (κ2) is 6.41. The monoisotopic (exact) mass is 274 g/mol. The van der Waals surface area contributed by atoms with Crippen molar-refractivity contribution in [3.8, 4) is 0 Å². The smallest absolute Gasteiger partial charge is 0.137 e. The van der Waals surface area contributed by atoms with Crippen LogP contribution in [0.1, 0.15) is 31.0 Å². The molecule has 2 aromatic heterocycles. The van der Waals surface area contributed by atoms with Crippen LogP contribution in [0.5, 0.6) is 0 Å². The molecule has 0 amide bonds. The molecule has 0 unspecified atom stereocenters. The van der Waals surface area contributed by atoms with Gasteiger partial charge in [0, 0.05) is 25.6 Å². The van der Waals surface area contributed by atoms with Crippen LogP contribution in [0.3, 0.4) is 0 Å². The molecule has 0 fully saturated rings. The van der Waals surface area contributed by atoms with Crippen molar-refractivity contribution in [2.75, 3.05) is 23.8 Å². The molecule has 0 radical (unpaired) electrons. The Labute approximate surface area is 120 Å². The van der Waals surface area contributed by atoms with E-state index in [-0.39, 0.29) is 0 Å². The molecule has 108 valence electrons. The van der Waals surface area contributed by atoms with E-state index in [1.54, 1.807) is 6.26 Å². The lowest BCUT2D eigenvalue weighted by atomic mass is 10.2. The van der Waals surface area contributed by atoms with Gasteiger partial charge in [0.15, 0.2) is 0 Å². The number of hydrogen-bond acceptors (Lipinski definition) is 5. The minimum Gasteiger partial charge on any atom is -0.467 e. The van der Waals surface area contributed by atoms with E-state index in [2.05, 4.69) is 34.0 Å². The number of rotatable bonds is 6. The number of aromatic nitrogens is 2. The van der Waals surface area contributed by atoms with Gasteiger partial charge < -0.3 is 14.6 Å². The number of furan rings is 1. The number of aryl methyl sites for hydroxylation is 1. The van der Waals surface area contributed by atoms with Crippen molar-refractivity contribution in [3.63, 3.8) is 0 Å².